The molecule has 0 aliphatic carbocycles. The maximum Gasteiger partial charge on any atom is 0.186 e. The Balaban J connectivity index is 2.23. The molecule has 0 saturated carbocycles. The van der Waals surface area contributed by atoms with E-state index in [0.717, 1.165) is 25.1 Å². The Hall–Kier alpha value is -1.36. The summed E-state index contributed by atoms with van der Waals surface area (Å²) in [5.41, 5.74) is 2.73. The number of unbranched alkanes of at least 4 members (excludes halogenated alkanes) is 1. The molecule has 5 heteroatoms. The van der Waals surface area contributed by atoms with E-state index >= 15 is 0 Å². The van der Waals surface area contributed by atoms with Gasteiger partial charge in [0.15, 0.2) is 5.11 Å². The Morgan fingerprint density at radius 2 is 2.38 bits per heavy atom. The number of hydrogen-bond acceptors (Lipinski definition) is 3. The maximum atomic E-state index is 5.31. The van der Waals surface area contributed by atoms with Crippen molar-refractivity contribution in [2.45, 2.75) is 26.7 Å². The first-order chi connectivity index (χ1) is 7.72. The average molecular weight is 239 g/mol. The number of aryl methyl sites for hydroxylation is 1. The van der Waals surface area contributed by atoms with Crippen molar-refractivity contribution in [3.63, 3.8) is 0 Å². The molecule has 1 heterocycles. The van der Waals surface area contributed by atoms with E-state index in [9.17, 15) is 0 Å². The van der Waals surface area contributed by atoms with Gasteiger partial charge in [0.2, 0.25) is 0 Å². The van der Waals surface area contributed by atoms with Crippen LogP contribution in [0.15, 0.2) is 21.7 Å². The topological polar surface area (TPSA) is 49.6 Å². The van der Waals surface area contributed by atoms with Gasteiger partial charge in [0.25, 0.3) is 0 Å². The van der Waals surface area contributed by atoms with Gasteiger partial charge in [-0.3, -0.25) is 5.43 Å². The molecule has 0 spiro atoms. The number of thiocarbonyl (C=S) groups is 1. The van der Waals surface area contributed by atoms with Crippen molar-refractivity contribution in [1.82, 2.24) is 10.7 Å². The van der Waals surface area contributed by atoms with Crippen molar-refractivity contribution in [1.29, 1.82) is 0 Å². The summed E-state index contributed by atoms with van der Waals surface area (Å²) in [4.78, 5) is 0. The molecule has 1 aromatic heterocycles. The third-order valence-corrected chi connectivity index (χ3v) is 2.17. The summed E-state index contributed by atoms with van der Waals surface area (Å²) in [6, 6.07) is 3.74. The van der Waals surface area contributed by atoms with Gasteiger partial charge in [-0.25, -0.2) is 0 Å². The fraction of sp³-hybridized carbons (Fsp3) is 0.455. The average Bonchev–Trinajstić information content (AvgIpc) is 2.65. The van der Waals surface area contributed by atoms with E-state index in [0.29, 0.717) is 10.9 Å². The lowest BCUT2D eigenvalue weighted by atomic mass is 10.3. The Morgan fingerprint density at radius 3 is 3.00 bits per heavy atom. The molecule has 0 fully saturated rings. The standard InChI is InChI=1S/C11H17N3OS/c1-3-4-7-12-11(16)14-13-8-10-6-5-9(2)15-10/h5-6,8H,3-4,7H2,1-2H3,(H2,12,14,16). The summed E-state index contributed by atoms with van der Waals surface area (Å²) < 4.78 is 5.31. The second-order valence-corrected chi connectivity index (χ2v) is 3.84. The predicted molar refractivity (Wildman–Crippen MR) is 69.7 cm³/mol. The van der Waals surface area contributed by atoms with Gasteiger partial charge in [0.05, 0.1) is 6.21 Å². The molecule has 16 heavy (non-hydrogen) atoms. The Morgan fingerprint density at radius 1 is 1.56 bits per heavy atom. The Bertz CT molecular complexity index is 360. The lowest BCUT2D eigenvalue weighted by Crippen LogP contribution is -2.32. The van der Waals surface area contributed by atoms with E-state index in [2.05, 4.69) is 22.8 Å². The largest absolute Gasteiger partial charge is 0.460 e. The van der Waals surface area contributed by atoms with Crippen LogP contribution in [0.3, 0.4) is 0 Å². The molecule has 0 aliphatic heterocycles. The van der Waals surface area contributed by atoms with Crippen LogP contribution >= 0.6 is 12.2 Å². The van der Waals surface area contributed by atoms with Crippen LogP contribution in [0.5, 0.6) is 0 Å². The number of nitrogens with zero attached hydrogens (tertiary/aromatic N) is 1. The van der Waals surface area contributed by atoms with Crippen molar-refractivity contribution in [3.05, 3.63) is 23.7 Å². The van der Waals surface area contributed by atoms with Crippen molar-refractivity contribution in [2.24, 2.45) is 5.10 Å². The van der Waals surface area contributed by atoms with Gasteiger partial charge in [-0.05, 0) is 37.7 Å². The fourth-order valence-electron chi connectivity index (χ4n) is 1.10. The van der Waals surface area contributed by atoms with E-state index in [1.54, 1.807) is 6.21 Å². The van der Waals surface area contributed by atoms with Crippen LogP contribution in [0, 0.1) is 6.92 Å². The van der Waals surface area contributed by atoms with Crippen LogP contribution in [0.25, 0.3) is 0 Å². The van der Waals surface area contributed by atoms with Crippen LogP contribution < -0.4 is 10.7 Å². The van der Waals surface area contributed by atoms with Crippen molar-refractivity contribution in [2.75, 3.05) is 6.54 Å². The Kier molecular flexibility index (Phi) is 5.56. The lowest BCUT2D eigenvalue weighted by molar-refractivity contribution is 0.527. The van der Waals surface area contributed by atoms with Gasteiger partial charge in [0, 0.05) is 6.54 Å². The second kappa shape index (κ2) is 7.00. The zero-order valence-corrected chi connectivity index (χ0v) is 10.4. The Labute approximate surface area is 101 Å². The molecule has 1 aromatic rings. The summed E-state index contributed by atoms with van der Waals surface area (Å²) in [6.07, 6.45) is 3.84. The van der Waals surface area contributed by atoms with Gasteiger partial charge >= 0.3 is 0 Å². The molecule has 0 amide bonds. The van der Waals surface area contributed by atoms with Crippen LogP contribution in [-0.2, 0) is 0 Å². The van der Waals surface area contributed by atoms with Gasteiger partial charge < -0.3 is 9.73 Å². The molecule has 0 aliphatic rings. The van der Waals surface area contributed by atoms with E-state index in [4.69, 9.17) is 16.6 Å². The quantitative estimate of drug-likeness (QED) is 0.358. The minimum absolute atomic E-state index is 0.535. The van der Waals surface area contributed by atoms with Crippen molar-refractivity contribution >= 4 is 23.5 Å². The zero-order chi connectivity index (χ0) is 11.8. The summed E-state index contributed by atoms with van der Waals surface area (Å²) >= 11 is 5.02. The van der Waals surface area contributed by atoms with Crippen LogP contribution in [-0.4, -0.2) is 17.9 Å². The van der Waals surface area contributed by atoms with Gasteiger partial charge in [-0.15, -0.1) is 0 Å². The normalized spacial score (nSPS) is 10.6. The third-order valence-electron chi connectivity index (χ3n) is 1.93. The van der Waals surface area contributed by atoms with Crippen LogP contribution in [0.2, 0.25) is 0 Å². The highest BCUT2D eigenvalue weighted by Crippen LogP contribution is 2.02. The fourth-order valence-corrected chi connectivity index (χ4v) is 1.25. The summed E-state index contributed by atoms with van der Waals surface area (Å²) in [5.74, 6) is 1.58. The third kappa shape index (κ3) is 4.93. The smallest absolute Gasteiger partial charge is 0.186 e. The predicted octanol–water partition coefficient (Wildman–Crippen LogP) is 2.19. The molecular formula is C11H17N3OS. The molecule has 1 rings (SSSR count). The molecule has 0 aromatic carbocycles. The van der Waals surface area contributed by atoms with E-state index in [-0.39, 0.29) is 0 Å². The first kappa shape index (κ1) is 12.7. The summed E-state index contributed by atoms with van der Waals surface area (Å²) in [5, 5.41) is 7.55. The first-order valence-electron chi connectivity index (χ1n) is 5.35. The van der Waals surface area contributed by atoms with E-state index in [1.165, 1.54) is 0 Å². The van der Waals surface area contributed by atoms with Gasteiger partial charge in [0.1, 0.15) is 11.5 Å². The van der Waals surface area contributed by atoms with Crippen molar-refractivity contribution in [3.8, 4) is 0 Å². The number of furan rings is 1. The first-order valence-corrected chi connectivity index (χ1v) is 5.76. The molecule has 0 radical (unpaired) electrons. The van der Waals surface area contributed by atoms with Gasteiger partial charge in [-0.2, -0.15) is 5.10 Å². The number of rotatable bonds is 5. The molecule has 0 atom stereocenters. The summed E-state index contributed by atoms with van der Waals surface area (Å²) in [6.45, 7) is 4.90. The number of nitrogens with one attached hydrogen (secondary N) is 2. The molecule has 2 N–H and O–H groups in total. The highest BCUT2D eigenvalue weighted by molar-refractivity contribution is 7.80. The molecule has 0 saturated heterocycles. The SMILES string of the molecule is CCCCNC(=S)NN=Cc1ccc(C)o1. The van der Waals surface area contributed by atoms with Gasteiger partial charge in [-0.1, -0.05) is 13.3 Å². The van der Waals surface area contributed by atoms with Crippen LogP contribution in [0.4, 0.5) is 0 Å². The van der Waals surface area contributed by atoms with E-state index < -0.39 is 0 Å². The van der Waals surface area contributed by atoms with Crippen molar-refractivity contribution < 1.29 is 4.42 Å². The highest BCUT2D eigenvalue weighted by Gasteiger charge is 1.94. The second-order valence-electron chi connectivity index (χ2n) is 3.43. The summed E-state index contributed by atoms with van der Waals surface area (Å²) in [7, 11) is 0. The molecule has 88 valence electrons. The minimum atomic E-state index is 0.535. The zero-order valence-electron chi connectivity index (χ0n) is 9.62. The number of hydrazone groups is 1. The molecule has 0 bridgehead atoms. The highest BCUT2D eigenvalue weighted by atomic mass is 32.1. The van der Waals surface area contributed by atoms with Crippen LogP contribution in [0.1, 0.15) is 31.3 Å². The molecule has 4 nitrogen and oxygen atoms in total. The molecule has 0 unspecified atom stereocenters. The maximum absolute atomic E-state index is 5.31. The number of hydrogen-bond donors (Lipinski definition) is 2. The lowest BCUT2D eigenvalue weighted by Gasteiger charge is -2.04. The van der Waals surface area contributed by atoms with E-state index in [1.807, 2.05) is 19.1 Å². The molecular weight excluding hydrogens is 222 g/mol. The monoisotopic (exact) mass is 239 g/mol. The minimum Gasteiger partial charge on any atom is -0.460 e.